The Morgan fingerprint density at radius 3 is 2.65 bits per heavy atom. The van der Waals surface area contributed by atoms with Gasteiger partial charge >= 0.3 is 0 Å². The lowest BCUT2D eigenvalue weighted by Gasteiger charge is -2.42. The summed E-state index contributed by atoms with van der Waals surface area (Å²) < 4.78 is 0. The van der Waals surface area contributed by atoms with Crippen LogP contribution in [0.15, 0.2) is 24.3 Å². The first kappa shape index (κ1) is 13.4. The molecule has 0 radical (unpaired) electrons. The molecule has 0 aromatic heterocycles. The molecule has 4 nitrogen and oxygen atoms in total. The van der Waals surface area contributed by atoms with Gasteiger partial charge < -0.3 is 15.5 Å². The molecule has 20 heavy (non-hydrogen) atoms. The fraction of sp³-hybridized carbons (Fsp3) is 0.562. The van der Waals surface area contributed by atoms with E-state index in [0.717, 1.165) is 24.8 Å². The van der Waals surface area contributed by atoms with E-state index in [1.165, 1.54) is 18.4 Å². The van der Waals surface area contributed by atoms with Gasteiger partial charge in [-0.25, -0.2) is 0 Å². The van der Waals surface area contributed by atoms with Crippen molar-refractivity contribution in [1.29, 1.82) is 0 Å². The van der Waals surface area contributed by atoms with Gasteiger partial charge in [0.15, 0.2) is 0 Å². The summed E-state index contributed by atoms with van der Waals surface area (Å²) in [6, 6.07) is 9.31. The average molecular weight is 273 g/mol. The number of nitrogens with zero attached hydrogens (tertiary/aromatic N) is 1. The maximum atomic E-state index is 12.0. The first-order valence-electron chi connectivity index (χ1n) is 7.45. The molecule has 1 saturated heterocycles. The Morgan fingerprint density at radius 1 is 1.30 bits per heavy atom. The molecule has 2 N–H and O–H groups in total. The number of benzene rings is 1. The lowest BCUT2D eigenvalue weighted by atomic mass is 9.97. The Hall–Kier alpha value is -1.55. The van der Waals surface area contributed by atoms with Crippen molar-refractivity contribution in [1.82, 2.24) is 10.6 Å². The normalized spacial score (nSPS) is 21.7. The molecule has 2 aliphatic rings. The lowest BCUT2D eigenvalue weighted by Crippen LogP contribution is -2.62. The van der Waals surface area contributed by atoms with E-state index in [-0.39, 0.29) is 5.91 Å². The number of nitrogens with one attached hydrogen (secondary N) is 2. The molecule has 1 aliphatic heterocycles. The van der Waals surface area contributed by atoms with Gasteiger partial charge in [-0.3, -0.25) is 4.79 Å². The third-order valence-electron chi connectivity index (χ3n) is 4.27. The first-order valence-corrected chi connectivity index (χ1v) is 7.45. The number of carbonyl (C=O) groups is 1. The molecule has 108 valence electrons. The number of hydrogen-bond donors (Lipinski definition) is 2. The SMILES string of the molecule is CC1(C)C(=O)NCCN1c1ccc(CNC2CC2)cc1. The monoisotopic (exact) mass is 273 g/mol. The van der Waals surface area contributed by atoms with E-state index >= 15 is 0 Å². The Bertz CT molecular complexity index is 491. The van der Waals surface area contributed by atoms with Crippen molar-refractivity contribution in [3.63, 3.8) is 0 Å². The second-order valence-electron chi connectivity index (χ2n) is 6.29. The van der Waals surface area contributed by atoms with Crippen molar-refractivity contribution in [3.8, 4) is 0 Å². The Kier molecular flexibility index (Phi) is 3.42. The summed E-state index contributed by atoms with van der Waals surface area (Å²) >= 11 is 0. The molecule has 1 aromatic rings. The maximum Gasteiger partial charge on any atom is 0.245 e. The lowest BCUT2D eigenvalue weighted by molar-refractivity contribution is -0.126. The molecular weight excluding hydrogens is 250 g/mol. The predicted molar refractivity (Wildman–Crippen MR) is 80.7 cm³/mol. The first-order chi connectivity index (χ1) is 9.57. The molecule has 0 spiro atoms. The second-order valence-corrected chi connectivity index (χ2v) is 6.29. The quantitative estimate of drug-likeness (QED) is 0.877. The highest BCUT2D eigenvalue weighted by molar-refractivity contribution is 5.90. The maximum absolute atomic E-state index is 12.0. The molecule has 3 rings (SSSR count). The Balaban J connectivity index is 1.70. The van der Waals surface area contributed by atoms with E-state index in [1.54, 1.807) is 0 Å². The highest BCUT2D eigenvalue weighted by Crippen LogP contribution is 2.26. The van der Waals surface area contributed by atoms with Crippen molar-refractivity contribution in [2.24, 2.45) is 0 Å². The zero-order chi connectivity index (χ0) is 14.2. The minimum atomic E-state index is -0.480. The van der Waals surface area contributed by atoms with E-state index < -0.39 is 5.54 Å². The molecular formula is C16H23N3O. The fourth-order valence-corrected chi connectivity index (χ4v) is 2.69. The van der Waals surface area contributed by atoms with Crippen LogP contribution in [0.3, 0.4) is 0 Å². The summed E-state index contributed by atoms with van der Waals surface area (Å²) in [6.45, 7) is 6.47. The molecule has 1 saturated carbocycles. The van der Waals surface area contributed by atoms with E-state index in [0.29, 0.717) is 6.54 Å². The van der Waals surface area contributed by atoms with Crippen LogP contribution in [0.1, 0.15) is 32.3 Å². The number of amides is 1. The van der Waals surface area contributed by atoms with Crippen molar-refractivity contribution >= 4 is 11.6 Å². The highest BCUT2D eigenvalue weighted by Gasteiger charge is 2.37. The topological polar surface area (TPSA) is 44.4 Å². The largest absolute Gasteiger partial charge is 0.356 e. The van der Waals surface area contributed by atoms with Crippen LogP contribution in [-0.4, -0.2) is 30.6 Å². The molecule has 1 aliphatic carbocycles. The average Bonchev–Trinajstić information content (AvgIpc) is 3.24. The van der Waals surface area contributed by atoms with E-state index in [9.17, 15) is 4.79 Å². The third kappa shape index (κ3) is 2.66. The zero-order valence-electron chi connectivity index (χ0n) is 12.3. The predicted octanol–water partition coefficient (Wildman–Crippen LogP) is 1.65. The highest BCUT2D eigenvalue weighted by atomic mass is 16.2. The Morgan fingerprint density at radius 2 is 2.00 bits per heavy atom. The summed E-state index contributed by atoms with van der Waals surface area (Å²) in [4.78, 5) is 14.2. The van der Waals surface area contributed by atoms with Gasteiger partial charge in [-0.1, -0.05) is 12.1 Å². The smallest absolute Gasteiger partial charge is 0.245 e. The van der Waals surface area contributed by atoms with Crippen LogP contribution in [0.25, 0.3) is 0 Å². The van der Waals surface area contributed by atoms with Crippen LogP contribution in [0.2, 0.25) is 0 Å². The van der Waals surface area contributed by atoms with Crippen LogP contribution in [0.4, 0.5) is 5.69 Å². The van der Waals surface area contributed by atoms with Gasteiger partial charge in [0.05, 0.1) is 0 Å². The van der Waals surface area contributed by atoms with Crippen LogP contribution in [0.5, 0.6) is 0 Å². The van der Waals surface area contributed by atoms with Crippen LogP contribution in [-0.2, 0) is 11.3 Å². The molecule has 0 atom stereocenters. The summed E-state index contributed by atoms with van der Waals surface area (Å²) in [6.07, 6.45) is 2.63. The van der Waals surface area contributed by atoms with Crippen LogP contribution < -0.4 is 15.5 Å². The van der Waals surface area contributed by atoms with Gasteiger partial charge in [0, 0.05) is 31.4 Å². The van der Waals surface area contributed by atoms with Gasteiger partial charge in [0.25, 0.3) is 0 Å². The summed E-state index contributed by atoms with van der Waals surface area (Å²) in [5.41, 5.74) is 1.95. The van der Waals surface area contributed by atoms with Crippen molar-refractivity contribution < 1.29 is 4.79 Å². The van der Waals surface area contributed by atoms with Crippen molar-refractivity contribution in [3.05, 3.63) is 29.8 Å². The zero-order valence-corrected chi connectivity index (χ0v) is 12.3. The van der Waals surface area contributed by atoms with Gasteiger partial charge in [0.1, 0.15) is 5.54 Å². The summed E-state index contributed by atoms with van der Waals surface area (Å²) in [7, 11) is 0. The molecule has 1 heterocycles. The van der Waals surface area contributed by atoms with Crippen molar-refractivity contribution in [2.75, 3.05) is 18.0 Å². The number of piperazine rings is 1. The fourth-order valence-electron chi connectivity index (χ4n) is 2.69. The minimum absolute atomic E-state index is 0.100. The number of anilines is 1. The standard InChI is InChI=1S/C16H23N3O/c1-16(2)15(20)17-9-10-19(16)14-7-3-12(4-8-14)11-18-13-5-6-13/h3-4,7-8,13,18H,5-6,9-11H2,1-2H3,(H,17,20). The molecule has 0 unspecified atom stereocenters. The summed E-state index contributed by atoms with van der Waals surface area (Å²) in [5.74, 6) is 0.100. The van der Waals surface area contributed by atoms with Crippen LogP contribution in [0, 0.1) is 0 Å². The van der Waals surface area contributed by atoms with Crippen LogP contribution >= 0.6 is 0 Å². The number of carbonyl (C=O) groups excluding carboxylic acids is 1. The van der Waals surface area contributed by atoms with E-state index in [2.05, 4.69) is 39.8 Å². The number of rotatable bonds is 4. The van der Waals surface area contributed by atoms with Gasteiger partial charge in [0.2, 0.25) is 5.91 Å². The molecule has 1 amide bonds. The Labute approximate surface area is 120 Å². The van der Waals surface area contributed by atoms with Crippen molar-refractivity contribution in [2.45, 2.75) is 44.8 Å². The molecule has 1 aromatic carbocycles. The van der Waals surface area contributed by atoms with Gasteiger partial charge in [-0.15, -0.1) is 0 Å². The molecule has 0 bridgehead atoms. The van der Waals surface area contributed by atoms with Gasteiger partial charge in [-0.05, 0) is 44.4 Å². The van der Waals surface area contributed by atoms with E-state index in [1.807, 2.05) is 13.8 Å². The molecule has 4 heteroatoms. The molecule has 2 fully saturated rings. The summed E-state index contributed by atoms with van der Waals surface area (Å²) in [5, 5.41) is 6.45. The van der Waals surface area contributed by atoms with Gasteiger partial charge in [-0.2, -0.15) is 0 Å². The minimum Gasteiger partial charge on any atom is -0.356 e. The second kappa shape index (κ2) is 5.09. The van der Waals surface area contributed by atoms with E-state index in [4.69, 9.17) is 0 Å². The third-order valence-corrected chi connectivity index (χ3v) is 4.27. The number of hydrogen-bond acceptors (Lipinski definition) is 3.